The molecule has 3 nitrogen and oxygen atoms in total. The van der Waals surface area contributed by atoms with Crippen molar-refractivity contribution < 1.29 is 4.79 Å². The molecular formula is C23H30N2OS2. The summed E-state index contributed by atoms with van der Waals surface area (Å²) >= 11 is 6.75. The van der Waals surface area contributed by atoms with E-state index in [0.717, 1.165) is 12.0 Å². The molecule has 0 aromatic heterocycles. The third-order valence-electron chi connectivity index (χ3n) is 5.65. The lowest BCUT2D eigenvalue weighted by Gasteiger charge is -2.50. The van der Waals surface area contributed by atoms with Gasteiger partial charge in [-0.15, -0.1) is 6.58 Å². The molecule has 28 heavy (non-hydrogen) atoms. The Hall–Kier alpha value is -1.59. The Morgan fingerprint density at radius 2 is 2.07 bits per heavy atom. The molecule has 0 bridgehead atoms. The maximum Gasteiger partial charge on any atom is 0.266 e. The predicted octanol–water partition coefficient (Wildman–Crippen LogP) is 5.88. The van der Waals surface area contributed by atoms with Crippen LogP contribution in [0.3, 0.4) is 0 Å². The highest BCUT2D eigenvalue weighted by Crippen LogP contribution is 2.46. The molecule has 3 rings (SSSR count). The van der Waals surface area contributed by atoms with Crippen LogP contribution in [0.2, 0.25) is 0 Å². The van der Waals surface area contributed by atoms with Gasteiger partial charge in [0.1, 0.15) is 4.32 Å². The van der Waals surface area contributed by atoms with E-state index in [1.54, 1.807) is 11.0 Å². The Bertz CT molecular complexity index is 870. The first kappa shape index (κ1) is 21.1. The Morgan fingerprint density at radius 1 is 1.39 bits per heavy atom. The van der Waals surface area contributed by atoms with Crippen LogP contribution >= 0.6 is 24.0 Å². The van der Waals surface area contributed by atoms with Crippen LogP contribution in [-0.2, 0) is 4.79 Å². The molecule has 1 saturated heterocycles. The average molecular weight is 415 g/mol. The van der Waals surface area contributed by atoms with Crippen LogP contribution in [0.5, 0.6) is 0 Å². The van der Waals surface area contributed by atoms with Gasteiger partial charge in [-0.3, -0.25) is 9.69 Å². The molecule has 150 valence electrons. The molecule has 0 aliphatic carbocycles. The van der Waals surface area contributed by atoms with Crippen molar-refractivity contribution in [3.8, 4) is 0 Å². The molecule has 2 aliphatic heterocycles. The highest BCUT2D eigenvalue weighted by Gasteiger charge is 2.38. The van der Waals surface area contributed by atoms with Crippen LogP contribution < -0.4 is 4.90 Å². The highest BCUT2D eigenvalue weighted by molar-refractivity contribution is 8.26. The van der Waals surface area contributed by atoms with Crippen molar-refractivity contribution in [2.24, 2.45) is 0 Å². The fourth-order valence-electron chi connectivity index (χ4n) is 4.67. The van der Waals surface area contributed by atoms with Gasteiger partial charge in [-0.1, -0.05) is 37.0 Å². The third-order valence-corrected chi connectivity index (χ3v) is 7.03. The quantitative estimate of drug-likeness (QED) is 0.348. The van der Waals surface area contributed by atoms with Crippen LogP contribution in [-0.4, -0.2) is 33.3 Å². The Balaban J connectivity index is 2.05. The summed E-state index contributed by atoms with van der Waals surface area (Å²) in [5, 5.41) is 0. The normalized spacial score (nSPS) is 23.0. The van der Waals surface area contributed by atoms with E-state index in [1.165, 1.54) is 28.6 Å². The van der Waals surface area contributed by atoms with Gasteiger partial charge in [-0.25, -0.2) is 0 Å². The number of anilines is 1. The van der Waals surface area contributed by atoms with Crippen LogP contribution in [0.4, 0.5) is 5.69 Å². The van der Waals surface area contributed by atoms with Crippen LogP contribution in [0.25, 0.3) is 6.08 Å². The second kappa shape index (κ2) is 7.68. The lowest BCUT2D eigenvalue weighted by atomic mass is 9.78. The minimum Gasteiger partial charge on any atom is -0.364 e. The minimum atomic E-state index is -0.0231. The van der Waals surface area contributed by atoms with Crippen molar-refractivity contribution in [3.63, 3.8) is 0 Å². The third kappa shape index (κ3) is 3.67. The number of fused-ring (bicyclic) bond motifs is 1. The zero-order chi connectivity index (χ0) is 20.8. The monoisotopic (exact) mass is 414 g/mol. The number of carbonyl (C=O) groups is 1. The molecule has 1 amide bonds. The topological polar surface area (TPSA) is 23.6 Å². The molecule has 1 aromatic rings. The van der Waals surface area contributed by atoms with E-state index >= 15 is 0 Å². The smallest absolute Gasteiger partial charge is 0.266 e. The van der Waals surface area contributed by atoms with Crippen LogP contribution in [0, 0.1) is 6.92 Å². The summed E-state index contributed by atoms with van der Waals surface area (Å²) in [6, 6.07) is 5.00. The van der Waals surface area contributed by atoms with Crippen molar-refractivity contribution in [2.75, 3.05) is 11.4 Å². The van der Waals surface area contributed by atoms with Gasteiger partial charge in [0.2, 0.25) is 0 Å². The Labute approximate surface area is 178 Å². The van der Waals surface area contributed by atoms with E-state index in [4.69, 9.17) is 12.2 Å². The van der Waals surface area contributed by atoms with Crippen molar-refractivity contribution in [2.45, 2.75) is 65.5 Å². The molecule has 0 radical (unpaired) electrons. The highest BCUT2D eigenvalue weighted by atomic mass is 32.2. The maximum absolute atomic E-state index is 12.7. The second-order valence-electron chi connectivity index (χ2n) is 8.73. The fraction of sp³-hybridized carbons (Fsp3) is 0.478. The van der Waals surface area contributed by atoms with Crippen molar-refractivity contribution >= 4 is 46.0 Å². The van der Waals surface area contributed by atoms with Gasteiger partial charge in [0.05, 0.1) is 4.91 Å². The van der Waals surface area contributed by atoms with E-state index in [1.807, 2.05) is 6.08 Å². The number of nitrogens with zero attached hydrogens (tertiary/aromatic N) is 2. The number of rotatable bonds is 4. The molecular weight excluding hydrogens is 384 g/mol. The van der Waals surface area contributed by atoms with E-state index in [9.17, 15) is 4.79 Å². The SMILES string of the molecule is C=CCN1C(=O)/C(=C/c2cc3c(cc2C)N(C(C)C)C(C)(C)C[C@H]3C)SC1=S. The molecule has 1 fully saturated rings. The van der Waals surface area contributed by atoms with E-state index in [2.05, 4.69) is 65.2 Å². The maximum atomic E-state index is 12.7. The van der Waals surface area contributed by atoms with Gasteiger partial charge in [0.15, 0.2) is 0 Å². The molecule has 0 N–H and O–H groups in total. The first-order valence-corrected chi connectivity index (χ1v) is 11.1. The van der Waals surface area contributed by atoms with Crippen LogP contribution in [0.15, 0.2) is 29.7 Å². The number of thioether (sulfide) groups is 1. The van der Waals surface area contributed by atoms with Gasteiger partial charge in [-0.05, 0) is 81.9 Å². The second-order valence-corrected chi connectivity index (χ2v) is 10.4. The molecule has 5 heteroatoms. The van der Waals surface area contributed by atoms with Crippen molar-refractivity contribution in [1.82, 2.24) is 4.90 Å². The number of benzene rings is 1. The summed E-state index contributed by atoms with van der Waals surface area (Å²) in [6.07, 6.45) is 4.83. The van der Waals surface area contributed by atoms with Gasteiger partial charge in [0, 0.05) is 23.8 Å². The minimum absolute atomic E-state index is 0.0231. The summed E-state index contributed by atoms with van der Waals surface area (Å²) in [4.78, 5) is 17.5. The first-order valence-electron chi connectivity index (χ1n) is 9.87. The van der Waals surface area contributed by atoms with Crippen molar-refractivity contribution in [3.05, 3.63) is 46.4 Å². The molecule has 0 spiro atoms. The average Bonchev–Trinajstić information content (AvgIpc) is 2.83. The molecule has 0 saturated carbocycles. The van der Waals surface area contributed by atoms with E-state index < -0.39 is 0 Å². The fourth-order valence-corrected chi connectivity index (χ4v) is 5.94. The van der Waals surface area contributed by atoms with E-state index in [-0.39, 0.29) is 11.4 Å². The lowest BCUT2D eigenvalue weighted by molar-refractivity contribution is -0.121. The summed E-state index contributed by atoms with van der Waals surface area (Å²) in [5.41, 5.74) is 5.11. The summed E-state index contributed by atoms with van der Waals surface area (Å²) < 4.78 is 0.605. The van der Waals surface area contributed by atoms with Crippen molar-refractivity contribution in [1.29, 1.82) is 0 Å². The number of amides is 1. The lowest BCUT2D eigenvalue weighted by Crippen LogP contribution is -2.51. The number of thiocarbonyl (C=S) groups is 1. The first-order chi connectivity index (χ1) is 13.1. The molecule has 1 aromatic carbocycles. The summed E-state index contributed by atoms with van der Waals surface area (Å²) in [7, 11) is 0. The number of hydrogen-bond acceptors (Lipinski definition) is 4. The van der Waals surface area contributed by atoms with Gasteiger partial charge in [-0.2, -0.15) is 0 Å². The number of hydrogen-bond donors (Lipinski definition) is 0. The van der Waals surface area contributed by atoms with E-state index in [0.29, 0.717) is 27.7 Å². The molecule has 2 heterocycles. The zero-order valence-corrected chi connectivity index (χ0v) is 19.3. The van der Waals surface area contributed by atoms with Gasteiger partial charge >= 0.3 is 0 Å². The van der Waals surface area contributed by atoms with Crippen LogP contribution in [0.1, 0.15) is 63.6 Å². The number of carbonyl (C=O) groups excluding carboxylic acids is 1. The Kier molecular flexibility index (Phi) is 5.79. The Morgan fingerprint density at radius 3 is 2.68 bits per heavy atom. The molecule has 2 aliphatic rings. The zero-order valence-electron chi connectivity index (χ0n) is 17.7. The predicted molar refractivity (Wildman–Crippen MR) is 126 cm³/mol. The molecule has 0 unspecified atom stereocenters. The van der Waals surface area contributed by atoms with Gasteiger partial charge in [0.25, 0.3) is 5.91 Å². The summed E-state index contributed by atoms with van der Waals surface area (Å²) in [6.45, 7) is 17.8. The molecule has 1 atom stereocenters. The summed E-state index contributed by atoms with van der Waals surface area (Å²) in [5.74, 6) is 0.452. The largest absolute Gasteiger partial charge is 0.364 e. The standard InChI is InChI=1S/C23H30N2OS2/c1-8-9-24-21(26)20(28-22(24)27)12-17-11-18-16(5)13-23(6,7)25(14(2)3)19(18)10-15(17)4/h8,10-12,14,16H,1,9,13H2,2-7H3/b20-12-/t16-/m1/s1. The van der Waals surface area contributed by atoms with Gasteiger partial charge < -0.3 is 4.90 Å². The number of aryl methyl sites for hydroxylation is 1.